The minimum Gasteiger partial charge on any atom is -0.394 e. The average molecular weight is 363 g/mol. The molecule has 11 heavy (non-hydrogen) atoms. The van der Waals surface area contributed by atoms with Gasteiger partial charge in [-0.15, -0.1) is 0 Å². The minimum absolute atomic E-state index is 0. The fourth-order valence-electron chi connectivity index (χ4n) is 0.416. The van der Waals surface area contributed by atoms with Gasteiger partial charge in [0.05, 0.1) is 6.61 Å². The molecule has 4 N–H and O–H groups in total. The van der Waals surface area contributed by atoms with Gasteiger partial charge in [0, 0.05) is 27.7 Å². The van der Waals surface area contributed by atoms with Crippen molar-refractivity contribution < 1.29 is 42.8 Å². The second-order valence-corrected chi connectivity index (χ2v) is 2.14. The Kier molecular flexibility index (Phi) is 9.46. The first-order chi connectivity index (χ1) is 4.63. The molecule has 0 heterocycles. The molecule has 0 aromatic carbocycles. The Bertz CT molecular complexity index is 113. The van der Waals surface area contributed by atoms with Gasteiger partial charge < -0.3 is 20.4 Å². The number of hydrogen-bond acceptors (Lipinski definition) is 5. The van der Waals surface area contributed by atoms with Crippen LogP contribution in [0.1, 0.15) is 0 Å². The Morgan fingerprint density at radius 3 is 2.00 bits per heavy atom. The van der Waals surface area contributed by atoms with Crippen molar-refractivity contribution in [2.75, 3.05) is 6.61 Å². The molecule has 71 valence electrons. The van der Waals surface area contributed by atoms with Crippen molar-refractivity contribution in [1.82, 2.24) is 0 Å². The van der Waals surface area contributed by atoms with Crippen LogP contribution in [-0.4, -0.2) is 50.7 Å². The van der Waals surface area contributed by atoms with Crippen LogP contribution in [0.5, 0.6) is 0 Å². The summed E-state index contributed by atoms with van der Waals surface area (Å²) in [5.41, 5.74) is 0. The quantitative estimate of drug-likeness (QED) is 0.345. The Labute approximate surface area is 85.4 Å². The number of rotatable bonds is 4. The Morgan fingerprint density at radius 2 is 1.73 bits per heavy atom. The van der Waals surface area contributed by atoms with E-state index < -0.39 is 24.9 Å². The average Bonchev–Trinajstić information content (AvgIpc) is 2.00. The molecule has 0 aliphatic heterocycles. The zero-order valence-electron chi connectivity index (χ0n) is 5.52. The van der Waals surface area contributed by atoms with E-state index in [1.165, 1.54) is 0 Å². The monoisotopic (exact) mass is 363 g/mol. The fourth-order valence-corrected chi connectivity index (χ4v) is 0.577. The molecule has 0 aromatic rings. The SMILES string of the molecule is OC[C@@H](O)[C@@H](O)[C@H](O)C=S.[Au]. The molecule has 0 bridgehead atoms. The van der Waals surface area contributed by atoms with Crippen molar-refractivity contribution in [3.8, 4) is 0 Å². The molecule has 0 amide bonds. The van der Waals surface area contributed by atoms with Crippen molar-refractivity contribution in [3.63, 3.8) is 0 Å². The van der Waals surface area contributed by atoms with Crippen LogP contribution < -0.4 is 0 Å². The topological polar surface area (TPSA) is 80.9 Å². The molecule has 4 nitrogen and oxygen atoms in total. The maximum Gasteiger partial charge on any atom is 0.112 e. The summed E-state index contributed by atoms with van der Waals surface area (Å²) in [5.74, 6) is 0. The largest absolute Gasteiger partial charge is 0.394 e. The zero-order valence-corrected chi connectivity index (χ0v) is 8.50. The molecule has 0 aliphatic carbocycles. The first-order valence-corrected chi connectivity index (χ1v) is 3.21. The van der Waals surface area contributed by atoms with E-state index in [1.807, 2.05) is 0 Å². The normalized spacial score (nSPS) is 17.8. The third-order valence-corrected chi connectivity index (χ3v) is 1.35. The summed E-state index contributed by atoms with van der Waals surface area (Å²) >= 11 is 4.29. The van der Waals surface area contributed by atoms with Crippen molar-refractivity contribution in [1.29, 1.82) is 0 Å². The van der Waals surface area contributed by atoms with E-state index in [9.17, 15) is 0 Å². The van der Waals surface area contributed by atoms with Crippen molar-refractivity contribution in [2.45, 2.75) is 18.3 Å². The van der Waals surface area contributed by atoms with Crippen LogP contribution in [0.4, 0.5) is 0 Å². The van der Waals surface area contributed by atoms with E-state index in [0.29, 0.717) is 0 Å². The summed E-state index contributed by atoms with van der Waals surface area (Å²) in [7, 11) is 0. The summed E-state index contributed by atoms with van der Waals surface area (Å²) in [4.78, 5) is 0. The molecular weight excluding hydrogens is 353 g/mol. The Hall–Kier alpha value is 0.670. The van der Waals surface area contributed by atoms with Crippen LogP contribution in [0.3, 0.4) is 0 Å². The molecule has 0 rings (SSSR count). The predicted octanol–water partition coefficient (Wildman–Crippen LogP) is -1.94. The van der Waals surface area contributed by atoms with Crippen molar-refractivity contribution >= 4 is 17.6 Å². The van der Waals surface area contributed by atoms with E-state index in [4.69, 9.17) is 20.4 Å². The van der Waals surface area contributed by atoms with Gasteiger partial charge in [0.15, 0.2) is 0 Å². The van der Waals surface area contributed by atoms with Gasteiger partial charge in [0.2, 0.25) is 0 Å². The number of hydrogen-bond donors (Lipinski definition) is 4. The number of aliphatic hydroxyl groups excluding tert-OH is 4. The summed E-state index contributed by atoms with van der Waals surface area (Å²) in [6.07, 6.45) is -4.01. The van der Waals surface area contributed by atoms with Crippen LogP contribution in [0.25, 0.3) is 0 Å². The first-order valence-electron chi connectivity index (χ1n) is 2.73. The third kappa shape index (κ3) is 5.00. The maximum atomic E-state index is 8.83. The predicted molar refractivity (Wildman–Crippen MR) is 38.8 cm³/mol. The molecule has 0 fully saturated rings. The molecule has 0 spiro atoms. The van der Waals surface area contributed by atoms with E-state index in [1.54, 1.807) is 0 Å². The van der Waals surface area contributed by atoms with E-state index in [0.717, 1.165) is 5.37 Å². The van der Waals surface area contributed by atoms with E-state index >= 15 is 0 Å². The second kappa shape index (κ2) is 7.33. The van der Waals surface area contributed by atoms with Gasteiger partial charge in [0.25, 0.3) is 0 Å². The van der Waals surface area contributed by atoms with Crippen LogP contribution in [0, 0.1) is 0 Å². The Morgan fingerprint density at radius 1 is 1.27 bits per heavy atom. The Balaban J connectivity index is 0. The molecule has 6 heteroatoms. The van der Waals surface area contributed by atoms with E-state index in [2.05, 4.69) is 12.2 Å². The fraction of sp³-hybridized carbons (Fsp3) is 0.800. The first kappa shape index (κ1) is 14.2. The summed E-state index contributed by atoms with van der Waals surface area (Å²) in [5, 5.41) is 35.5. The van der Waals surface area contributed by atoms with Gasteiger partial charge in [0.1, 0.15) is 18.3 Å². The van der Waals surface area contributed by atoms with Crippen LogP contribution in [-0.2, 0) is 22.4 Å². The molecular formula is C5H10AuO4S. The van der Waals surface area contributed by atoms with Gasteiger partial charge in [-0.25, -0.2) is 0 Å². The standard InChI is InChI=1S/C5H10O4S.Au/c6-1-3(7)5(9)4(8)2-10;/h2-9H,1H2;/t3-,4-,5-;/m1./s1. The molecule has 0 aromatic heterocycles. The molecule has 3 atom stereocenters. The molecule has 0 saturated heterocycles. The van der Waals surface area contributed by atoms with E-state index in [-0.39, 0.29) is 22.4 Å². The maximum absolute atomic E-state index is 8.83. The van der Waals surface area contributed by atoms with Crippen molar-refractivity contribution in [2.24, 2.45) is 0 Å². The zero-order chi connectivity index (χ0) is 8.15. The minimum atomic E-state index is -1.40. The van der Waals surface area contributed by atoms with Crippen LogP contribution in [0.2, 0.25) is 0 Å². The number of thiocarbonyl (C=S) groups is 1. The smallest absolute Gasteiger partial charge is 0.112 e. The van der Waals surface area contributed by atoms with Gasteiger partial charge in [-0.1, -0.05) is 12.2 Å². The van der Waals surface area contributed by atoms with Crippen LogP contribution >= 0.6 is 12.2 Å². The van der Waals surface area contributed by atoms with Crippen molar-refractivity contribution in [3.05, 3.63) is 0 Å². The van der Waals surface area contributed by atoms with Gasteiger partial charge >= 0.3 is 0 Å². The number of aliphatic hydroxyl groups is 4. The third-order valence-electron chi connectivity index (χ3n) is 1.07. The van der Waals surface area contributed by atoms with Gasteiger partial charge in [-0.05, 0) is 0 Å². The summed E-state index contributed by atoms with van der Waals surface area (Å²) < 4.78 is 0. The van der Waals surface area contributed by atoms with Crippen LogP contribution in [0.15, 0.2) is 0 Å². The second-order valence-electron chi connectivity index (χ2n) is 1.87. The molecule has 0 aliphatic rings. The summed E-state index contributed by atoms with van der Waals surface area (Å²) in [6, 6.07) is 0. The summed E-state index contributed by atoms with van der Waals surface area (Å²) in [6.45, 7) is -0.596. The molecule has 1 radical (unpaired) electrons. The van der Waals surface area contributed by atoms with Gasteiger partial charge in [-0.2, -0.15) is 0 Å². The van der Waals surface area contributed by atoms with Gasteiger partial charge in [-0.3, -0.25) is 0 Å². The molecule has 0 unspecified atom stereocenters. The molecule has 0 saturated carbocycles.